The molecule has 3 heteroatoms. The molecule has 94 valence electrons. The Hall–Kier alpha value is -1.06. The summed E-state index contributed by atoms with van der Waals surface area (Å²) < 4.78 is 6.19. The third-order valence-corrected chi connectivity index (χ3v) is 4.43. The van der Waals surface area contributed by atoms with Crippen LogP contribution in [0.3, 0.4) is 0 Å². The van der Waals surface area contributed by atoms with Crippen LogP contribution in [0.1, 0.15) is 29.5 Å². The first-order valence-electron chi connectivity index (χ1n) is 6.26. The molecule has 1 aromatic carbocycles. The Morgan fingerprint density at radius 2 is 2.06 bits per heavy atom. The first kappa shape index (κ1) is 12.0. The molecule has 1 aliphatic carbocycles. The molecule has 1 heterocycles. The van der Waals surface area contributed by atoms with E-state index in [4.69, 9.17) is 4.42 Å². The number of hydrogen-bond donors (Lipinski definition) is 1. The Kier molecular flexibility index (Phi) is 3.27. The molecule has 0 amide bonds. The zero-order valence-electron chi connectivity index (χ0n) is 10.3. The van der Waals surface area contributed by atoms with E-state index >= 15 is 0 Å². The van der Waals surface area contributed by atoms with Crippen molar-refractivity contribution in [2.45, 2.75) is 18.4 Å². The van der Waals surface area contributed by atoms with Gasteiger partial charge in [0.25, 0.3) is 0 Å². The van der Waals surface area contributed by atoms with Gasteiger partial charge < -0.3 is 9.73 Å². The van der Waals surface area contributed by atoms with Crippen LogP contribution in [0.2, 0.25) is 0 Å². The van der Waals surface area contributed by atoms with Crippen LogP contribution in [0, 0.1) is 5.92 Å². The van der Waals surface area contributed by atoms with Crippen LogP contribution in [0.4, 0.5) is 0 Å². The molecule has 3 rings (SSSR count). The Bertz CT molecular complexity index is 522. The molecule has 0 saturated heterocycles. The average Bonchev–Trinajstić information content (AvgIpc) is 3.08. The van der Waals surface area contributed by atoms with E-state index in [1.165, 1.54) is 17.5 Å². The first-order chi connectivity index (χ1) is 8.81. The van der Waals surface area contributed by atoms with Crippen molar-refractivity contribution in [1.82, 2.24) is 5.32 Å². The zero-order valence-corrected chi connectivity index (χ0v) is 11.9. The fraction of sp³-hybridized carbons (Fsp3) is 0.333. The maximum atomic E-state index is 5.34. The summed E-state index contributed by atoms with van der Waals surface area (Å²) in [5.41, 5.74) is 2.67. The molecule has 0 spiro atoms. The van der Waals surface area contributed by atoms with E-state index < -0.39 is 0 Å². The molecule has 1 aliphatic rings. The molecule has 1 aromatic heterocycles. The lowest BCUT2D eigenvalue weighted by Crippen LogP contribution is -2.18. The Morgan fingerprint density at radius 3 is 2.67 bits per heavy atom. The molecule has 0 radical (unpaired) electrons. The van der Waals surface area contributed by atoms with Crippen molar-refractivity contribution in [3.8, 4) is 0 Å². The number of halogens is 1. The van der Waals surface area contributed by atoms with E-state index in [1.54, 1.807) is 6.26 Å². The second-order valence-electron chi connectivity index (χ2n) is 4.83. The quantitative estimate of drug-likeness (QED) is 0.919. The van der Waals surface area contributed by atoms with Crippen LogP contribution >= 0.6 is 15.9 Å². The van der Waals surface area contributed by atoms with Crippen molar-refractivity contribution in [3.63, 3.8) is 0 Å². The van der Waals surface area contributed by atoms with Gasteiger partial charge in [-0.2, -0.15) is 0 Å². The maximum absolute atomic E-state index is 5.34. The summed E-state index contributed by atoms with van der Waals surface area (Å²) in [5, 5.41) is 3.42. The molecule has 1 N–H and O–H groups in total. The van der Waals surface area contributed by atoms with Crippen molar-refractivity contribution < 1.29 is 4.42 Å². The van der Waals surface area contributed by atoms with Gasteiger partial charge in [0.1, 0.15) is 0 Å². The lowest BCUT2D eigenvalue weighted by molar-refractivity contribution is 0.488. The minimum atomic E-state index is 0.364. The van der Waals surface area contributed by atoms with Gasteiger partial charge in [-0.05, 0) is 52.9 Å². The molecule has 3 unspecified atom stereocenters. The van der Waals surface area contributed by atoms with Gasteiger partial charge in [0.05, 0.1) is 6.26 Å². The average molecular weight is 306 g/mol. The number of hydrogen-bond acceptors (Lipinski definition) is 2. The van der Waals surface area contributed by atoms with E-state index in [-0.39, 0.29) is 0 Å². The topological polar surface area (TPSA) is 25.2 Å². The van der Waals surface area contributed by atoms with Crippen LogP contribution in [0.15, 0.2) is 51.7 Å². The highest BCUT2D eigenvalue weighted by Gasteiger charge is 2.44. The van der Waals surface area contributed by atoms with Crippen molar-refractivity contribution in [2.75, 3.05) is 7.05 Å². The number of nitrogens with one attached hydrogen (secondary N) is 1. The molecule has 2 aromatic rings. The van der Waals surface area contributed by atoms with Gasteiger partial charge in [0, 0.05) is 11.6 Å². The Balaban J connectivity index is 1.79. The maximum Gasteiger partial charge on any atom is 0.173 e. The second-order valence-corrected chi connectivity index (χ2v) is 5.55. The smallest absolute Gasteiger partial charge is 0.173 e. The van der Waals surface area contributed by atoms with Crippen LogP contribution < -0.4 is 5.32 Å². The third-order valence-electron chi connectivity index (χ3n) is 3.79. The molecule has 3 atom stereocenters. The van der Waals surface area contributed by atoms with Gasteiger partial charge in [0.15, 0.2) is 4.67 Å². The summed E-state index contributed by atoms with van der Waals surface area (Å²) in [5.74, 6) is 1.33. The molecule has 0 aliphatic heterocycles. The molecule has 2 nitrogen and oxygen atoms in total. The molecular formula is C15H16BrNO. The summed E-state index contributed by atoms with van der Waals surface area (Å²) in [4.78, 5) is 0. The number of benzene rings is 1. The summed E-state index contributed by atoms with van der Waals surface area (Å²) >= 11 is 3.47. The minimum Gasteiger partial charge on any atom is -0.457 e. The SMILES string of the molecule is CNC(c1ccoc1Br)C1CC1c1ccccc1. The van der Waals surface area contributed by atoms with Crippen LogP contribution in [0.5, 0.6) is 0 Å². The van der Waals surface area contributed by atoms with E-state index in [2.05, 4.69) is 51.6 Å². The van der Waals surface area contributed by atoms with E-state index in [0.29, 0.717) is 17.9 Å². The van der Waals surface area contributed by atoms with Crippen molar-refractivity contribution in [1.29, 1.82) is 0 Å². The van der Waals surface area contributed by atoms with Crippen LogP contribution in [0.25, 0.3) is 0 Å². The lowest BCUT2D eigenvalue weighted by atomic mass is 10.0. The van der Waals surface area contributed by atoms with Crippen LogP contribution in [-0.4, -0.2) is 7.05 Å². The van der Waals surface area contributed by atoms with E-state index in [9.17, 15) is 0 Å². The molecule has 0 bridgehead atoms. The second kappa shape index (κ2) is 4.90. The van der Waals surface area contributed by atoms with E-state index in [0.717, 1.165) is 4.67 Å². The lowest BCUT2D eigenvalue weighted by Gasteiger charge is -2.15. The molecular weight excluding hydrogens is 290 g/mol. The monoisotopic (exact) mass is 305 g/mol. The standard InChI is InChI=1S/C15H16BrNO/c1-17-14(11-7-8-18-15(11)16)13-9-12(13)10-5-3-2-4-6-10/h2-8,12-14,17H,9H2,1H3. The van der Waals surface area contributed by atoms with E-state index in [1.807, 2.05) is 13.1 Å². The Labute approximate surface area is 116 Å². The largest absolute Gasteiger partial charge is 0.457 e. The molecule has 1 fully saturated rings. The normalized spacial score (nSPS) is 23.9. The van der Waals surface area contributed by atoms with Gasteiger partial charge in [-0.25, -0.2) is 0 Å². The fourth-order valence-electron chi connectivity index (χ4n) is 2.79. The van der Waals surface area contributed by atoms with Gasteiger partial charge in [-0.3, -0.25) is 0 Å². The predicted molar refractivity (Wildman–Crippen MR) is 75.5 cm³/mol. The third kappa shape index (κ3) is 2.13. The van der Waals surface area contributed by atoms with Crippen molar-refractivity contribution in [3.05, 3.63) is 58.5 Å². The van der Waals surface area contributed by atoms with Crippen LogP contribution in [-0.2, 0) is 0 Å². The van der Waals surface area contributed by atoms with Gasteiger partial charge in [-0.1, -0.05) is 30.3 Å². The summed E-state index contributed by atoms with van der Waals surface area (Å²) in [6.45, 7) is 0. The Morgan fingerprint density at radius 1 is 1.28 bits per heavy atom. The summed E-state index contributed by atoms with van der Waals surface area (Å²) in [6.07, 6.45) is 2.98. The predicted octanol–water partition coefficient (Wildman–Crippen LogP) is 4.11. The highest BCUT2D eigenvalue weighted by Crippen LogP contribution is 2.54. The molecule has 18 heavy (non-hydrogen) atoms. The zero-order chi connectivity index (χ0) is 12.5. The van der Waals surface area contributed by atoms with Gasteiger partial charge >= 0.3 is 0 Å². The summed E-state index contributed by atoms with van der Waals surface area (Å²) in [7, 11) is 2.02. The highest BCUT2D eigenvalue weighted by molar-refractivity contribution is 9.10. The van der Waals surface area contributed by atoms with Crippen molar-refractivity contribution in [2.24, 2.45) is 5.92 Å². The van der Waals surface area contributed by atoms with Crippen molar-refractivity contribution >= 4 is 15.9 Å². The molecule has 1 saturated carbocycles. The number of furan rings is 1. The highest BCUT2D eigenvalue weighted by atomic mass is 79.9. The fourth-order valence-corrected chi connectivity index (χ4v) is 3.28. The van der Waals surface area contributed by atoms with Gasteiger partial charge in [0.2, 0.25) is 0 Å². The minimum absolute atomic E-state index is 0.364. The van der Waals surface area contributed by atoms with Gasteiger partial charge in [-0.15, -0.1) is 0 Å². The summed E-state index contributed by atoms with van der Waals surface area (Å²) in [6, 6.07) is 13.2. The first-order valence-corrected chi connectivity index (χ1v) is 7.05. The number of rotatable bonds is 4.